The Morgan fingerprint density at radius 1 is 0.929 bits per heavy atom. The highest BCUT2D eigenvalue weighted by atomic mass is 35.5. The molecule has 0 saturated carbocycles. The molecule has 2 aromatic heterocycles. The number of halogens is 2. The molecule has 142 valence electrons. The fourth-order valence-corrected chi connectivity index (χ4v) is 4.29. The number of fused-ring (bicyclic) bond motifs is 3. The molecular weight excluding hydrogens is 393 g/mol. The maximum absolute atomic E-state index is 6.18. The van der Waals surface area contributed by atoms with E-state index >= 15 is 0 Å². The van der Waals surface area contributed by atoms with Crippen LogP contribution in [0.1, 0.15) is 5.56 Å². The molecule has 1 N–H and O–H groups in total. The highest BCUT2D eigenvalue weighted by Gasteiger charge is 2.22. The SMILES string of the molecule is Cc1cccc2[nH]c3c(N4CCN(c5ccc(Cl)c(Cl)c5)CC4)ncnc3c12. The molecule has 7 heteroatoms. The van der Waals surface area contributed by atoms with Crippen LogP contribution < -0.4 is 9.80 Å². The van der Waals surface area contributed by atoms with Crippen LogP contribution in [-0.2, 0) is 0 Å². The molecule has 0 bridgehead atoms. The van der Waals surface area contributed by atoms with Crippen LogP contribution >= 0.6 is 23.2 Å². The lowest BCUT2D eigenvalue weighted by Crippen LogP contribution is -2.47. The molecule has 0 radical (unpaired) electrons. The number of piperazine rings is 1. The van der Waals surface area contributed by atoms with Crippen LogP contribution in [0.15, 0.2) is 42.7 Å². The first kappa shape index (κ1) is 17.6. The van der Waals surface area contributed by atoms with Gasteiger partial charge in [0, 0.05) is 42.8 Å². The molecule has 0 aliphatic carbocycles. The van der Waals surface area contributed by atoms with Crippen LogP contribution in [0.4, 0.5) is 11.5 Å². The van der Waals surface area contributed by atoms with Crippen molar-refractivity contribution in [3.8, 4) is 0 Å². The number of benzene rings is 2. The van der Waals surface area contributed by atoms with Gasteiger partial charge >= 0.3 is 0 Å². The summed E-state index contributed by atoms with van der Waals surface area (Å²) in [5, 5.41) is 2.35. The van der Waals surface area contributed by atoms with Gasteiger partial charge < -0.3 is 14.8 Å². The number of H-pyrrole nitrogens is 1. The van der Waals surface area contributed by atoms with Gasteiger partial charge in [-0.15, -0.1) is 0 Å². The van der Waals surface area contributed by atoms with Gasteiger partial charge in [0.1, 0.15) is 17.4 Å². The number of hydrogen-bond acceptors (Lipinski definition) is 4. The topological polar surface area (TPSA) is 48.1 Å². The van der Waals surface area contributed by atoms with E-state index in [-0.39, 0.29) is 0 Å². The van der Waals surface area contributed by atoms with Gasteiger partial charge in [-0.3, -0.25) is 0 Å². The van der Waals surface area contributed by atoms with Crippen molar-refractivity contribution in [1.29, 1.82) is 0 Å². The van der Waals surface area contributed by atoms with Crippen molar-refractivity contribution < 1.29 is 0 Å². The van der Waals surface area contributed by atoms with Gasteiger partial charge in [0.15, 0.2) is 5.82 Å². The fraction of sp³-hybridized carbons (Fsp3) is 0.238. The second-order valence-electron chi connectivity index (χ2n) is 7.12. The highest BCUT2D eigenvalue weighted by Crippen LogP contribution is 2.32. The molecule has 5 nitrogen and oxygen atoms in total. The van der Waals surface area contributed by atoms with Crippen LogP contribution in [0.3, 0.4) is 0 Å². The van der Waals surface area contributed by atoms with Crippen LogP contribution in [0, 0.1) is 6.92 Å². The summed E-state index contributed by atoms with van der Waals surface area (Å²) in [6, 6.07) is 12.1. The minimum absolute atomic E-state index is 0.585. The summed E-state index contributed by atoms with van der Waals surface area (Å²) in [5.74, 6) is 0.967. The van der Waals surface area contributed by atoms with Crippen molar-refractivity contribution in [2.75, 3.05) is 36.0 Å². The normalized spacial score (nSPS) is 15.0. The second-order valence-corrected chi connectivity index (χ2v) is 7.93. The average molecular weight is 412 g/mol. The monoisotopic (exact) mass is 411 g/mol. The summed E-state index contributed by atoms with van der Waals surface area (Å²) >= 11 is 12.2. The highest BCUT2D eigenvalue weighted by molar-refractivity contribution is 6.42. The molecule has 1 aliphatic rings. The molecule has 0 amide bonds. The first-order valence-electron chi connectivity index (χ1n) is 9.29. The van der Waals surface area contributed by atoms with Crippen molar-refractivity contribution in [2.45, 2.75) is 6.92 Å². The minimum atomic E-state index is 0.585. The Morgan fingerprint density at radius 2 is 1.71 bits per heavy atom. The van der Waals surface area contributed by atoms with E-state index in [0.717, 1.165) is 54.2 Å². The van der Waals surface area contributed by atoms with Crippen LogP contribution in [0.25, 0.3) is 21.9 Å². The molecule has 3 heterocycles. The smallest absolute Gasteiger partial charge is 0.156 e. The largest absolute Gasteiger partial charge is 0.368 e. The van der Waals surface area contributed by atoms with E-state index in [1.807, 2.05) is 18.2 Å². The Hall–Kier alpha value is -2.50. The molecule has 4 aromatic rings. The molecule has 0 spiro atoms. The summed E-state index contributed by atoms with van der Waals surface area (Å²) in [6.45, 7) is 5.65. The Kier molecular flexibility index (Phi) is 4.29. The van der Waals surface area contributed by atoms with Crippen molar-refractivity contribution in [3.05, 3.63) is 58.3 Å². The first-order valence-corrected chi connectivity index (χ1v) is 10.0. The van der Waals surface area contributed by atoms with Crippen LogP contribution in [0.5, 0.6) is 0 Å². The van der Waals surface area contributed by atoms with Crippen molar-refractivity contribution in [3.63, 3.8) is 0 Å². The summed E-state index contributed by atoms with van der Waals surface area (Å²) in [5.41, 5.74) is 5.42. The summed E-state index contributed by atoms with van der Waals surface area (Å²) in [6.07, 6.45) is 1.67. The molecule has 2 aromatic carbocycles. The number of nitrogens with zero attached hydrogens (tertiary/aromatic N) is 4. The fourth-order valence-electron chi connectivity index (χ4n) is 4.00. The zero-order valence-corrected chi connectivity index (χ0v) is 16.9. The quantitative estimate of drug-likeness (QED) is 0.501. The maximum atomic E-state index is 6.18. The van der Waals surface area contributed by atoms with E-state index in [2.05, 4.69) is 49.9 Å². The predicted molar refractivity (Wildman–Crippen MR) is 117 cm³/mol. The number of aromatic amines is 1. The number of rotatable bonds is 2. The average Bonchev–Trinajstić information content (AvgIpc) is 3.10. The van der Waals surface area contributed by atoms with E-state index in [1.54, 1.807) is 6.33 Å². The molecular formula is C21H19Cl2N5. The minimum Gasteiger partial charge on any atom is -0.368 e. The lowest BCUT2D eigenvalue weighted by atomic mass is 10.1. The van der Waals surface area contributed by atoms with Gasteiger partial charge in [-0.1, -0.05) is 35.3 Å². The number of nitrogens with one attached hydrogen (secondary N) is 1. The number of hydrogen-bond donors (Lipinski definition) is 1. The zero-order chi connectivity index (χ0) is 19.3. The Balaban J connectivity index is 1.45. The molecule has 5 rings (SSSR count). The Labute approximate surface area is 172 Å². The number of aromatic nitrogens is 3. The third-order valence-electron chi connectivity index (χ3n) is 5.44. The Morgan fingerprint density at radius 3 is 2.50 bits per heavy atom. The van der Waals surface area contributed by atoms with Gasteiger partial charge in [-0.25, -0.2) is 9.97 Å². The molecule has 1 fully saturated rings. The van der Waals surface area contributed by atoms with Gasteiger partial charge in [-0.2, -0.15) is 0 Å². The molecule has 0 unspecified atom stereocenters. The van der Waals surface area contributed by atoms with E-state index in [0.29, 0.717) is 10.0 Å². The zero-order valence-electron chi connectivity index (χ0n) is 15.4. The molecule has 0 atom stereocenters. The van der Waals surface area contributed by atoms with E-state index in [1.165, 1.54) is 10.9 Å². The third kappa shape index (κ3) is 2.86. The van der Waals surface area contributed by atoms with Crippen molar-refractivity contribution >= 4 is 56.6 Å². The van der Waals surface area contributed by atoms with Gasteiger partial charge in [0.2, 0.25) is 0 Å². The van der Waals surface area contributed by atoms with Crippen LogP contribution in [0.2, 0.25) is 10.0 Å². The molecule has 1 aliphatic heterocycles. The van der Waals surface area contributed by atoms with Crippen LogP contribution in [-0.4, -0.2) is 41.1 Å². The number of aryl methyl sites for hydroxylation is 1. The maximum Gasteiger partial charge on any atom is 0.156 e. The summed E-state index contributed by atoms with van der Waals surface area (Å²) in [7, 11) is 0. The number of anilines is 2. The molecule has 1 saturated heterocycles. The first-order chi connectivity index (χ1) is 13.6. The predicted octanol–water partition coefficient (Wildman–Crippen LogP) is 5.05. The summed E-state index contributed by atoms with van der Waals surface area (Å²) in [4.78, 5) is 17.3. The van der Waals surface area contributed by atoms with Gasteiger partial charge in [0.05, 0.1) is 10.0 Å². The van der Waals surface area contributed by atoms with E-state index in [4.69, 9.17) is 23.2 Å². The van der Waals surface area contributed by atoms with Gasteiger partial charge in [0.25, 0.3) is 0 Å². The summed E-state index contributed by atoms with van der Waals surface area (Å²) < 4.78 is 0. The second kappa shape index (κ2) is 6.83. The lowest BCUT2D eigenvalue weighted by molar-refractivity contribution is 0.648. The third-order valence-corrected chi connectivity index (χ3v) is 6.18. The Bertz CT molecular complexity index is 1180. The van der Waals surface area contributed by atoms with Gasteiger partial charge in [-0.05, 0) is 36.8 Å². The van der Waals surface area contributed by atoms with Crippen molar-refractivity contribution in [1.82, 2.24) is 15.0 Å². The lowest BCUT2D eigenvalue weighted by Gasteiger charge is -2.36. The standard InChI is InChI=1S/C21H19Cl2N5/c1-13-3-2-4-17-18(13)19-20(26-17)21(25-12-24-19)28-9-7-27(8-10-28)14-5-6-15(22)16(23)11-14/h2-6,11-12,26H,7-10H2,1H3. The van der Waals surface area contributed by atoms with Crippen molar-refractivity contribution in [2.24, 2.45) is 0 Å². The van der Waals surface area contributed by atoms with E-state index < -0.39 is 0 Å². The van der Waals surface area contributed by atoms with E-state index in [9.17, 15) is 0 Å². The molecule has 28 heavy (non-hydrogen) atoms.